The number of ether oxygens (including phenoxy) is 1. The van der Waals surface area contributed by atoms with Crippen molar-refractivity contribution < 1.29 is 9.53 Å². The predicted octanol–water partition coefficient (Wildman–Crippen LogP) is 6.88. The minimum absolute atomic E-state index is 0.376. The Morgan fingerprint density at radius 2 is 1.90 bits per heavy atom. The number of carbonyl (C=O) groups excluding carboxylic acids is 1. The van der Waals surface area contributed by atoms with Crippen molar-refractivity contribution in [1.29, 1.82) is 0 Å². The van der Waals surface area contributed by atoms with E-state index in [1.807, 2.05) is 68.6 Å². The second kappa shape index (κ2) is 7.44. The van der Waals surface area contributed by atoms with Crippen LogP contribution in [0.5, 0.6) is 0 Å². The number of fused-ring (bicyclic) bond motifs is 1. The molecule has 0 radical (unpaired) electrons. The van der Waals surface area contributed by atoms with Gasteiger partial charge in [-0.1, -0.05) is 29.8 Å². The number of carbonyl (C=O) groups is 1. The molecule has 4 aromatic rings. The minimum atomic E-state index is -0.603. The van der Waals surface area contributed by atoms with E-state index in [1.165, 1.54) is 11.3 Å². The number of halogens is 1. The highest BCUT2D eigenvalue weighted by atomic mass is 35.5. The zero-order valence-electron chi connectivity index (χ0n) is 16.2. The molecule has 4 rings (SSSR count). The summed E-state index contributed by atoms with van der Waals surface area (Å²) in [5, 5.41) is 3.43. The maximum Gasteiger partial charge on any atom is 0.351 e. The Kier molecular flexibility index (Phi) is 5.11. The van der Waals surface area contributed by atoms with E-state index in [9.17, 15) is 4.79 Å². The van der Waals surface area contributed by atoms with Gasteiger partial charge in [-0.3, -0.25) is 0 Å². The number of aromatic nitrogens is 1. The third-order valence-electron chi connectivity index (χ3n) is 4.21. The van der Waals surface area contributed by atoms with Crippen molar-refractivity contribution >= 4 is 56.1 Å². The molecule has 3 heterocycles. The number of pyridine rings is 1. The van der Waals surface area contributed by atoms with Crippen LogP contribution in [0, 0.1) is 0 Å². The summed E-state index contributed by atoms with van der Waals surface area (Å²) in [5.74, 6) is -0.433. The molecular formula is C22H19ClN2O2S2. The molecule has 0 bridgehead atoms. The fraction of sp³-hybridized carbons (Fsp3) is 0.182. The summed E-state index contributed by atoms with van der Waals surface area (Å²) in [5.41, 5.74) is 8.95. The van der Waals surface area contributed by atoms with Crippen LogP contribution in [0.15, 0.2) is 47.8 Å². The molecule has 0 saturated heterocycles. The number of nitrogens with zero attached hydrogens (tertiary/aromatic N) is 1. The van der Waals surface area contributed by atoms with Gasteiger partial charge in [-0.25, -0.2) is 9.78 Å². The van der Waals surface area contributed by atoms with E-state index in [-0.39, 0.29) is 0 Å². The normalized spacial score (nSPS) is 11.7. The summed E-state index contributed by atoms with van der Waals surface area (Å²) in [6.07, 6.45) is 0. The molecule has 4 nitrogen and oxygen atoms in total. The van der Waals surface area contributed by atoms with Gasteiger partial charge in [0.25, 0.3) is 0 Å². The summed E-state index contributed by atoms with van der Waals surface area (Å²) in [7, 11) is 0. The van der Waals surface area contributed by atoms with Gasteiger partial charge in [-0.15, -0.1) is 22.7 Å². The Morgan fingerprint density at radius 3 is 2.52 bits per heavy atom. The standard InChI is InChI=1S/C22H19ClN2O2S2/c1-22(2,3)27-21(26)19-18(24)17-14(12-6-8-13(23)9-7-12)11-15(25-20(17)29-19)16-5-4-10-28-16/h4-11H,24H2,1-3H3. The molecule has 0 unspecified atom stereocenters. The lowest BCUT2D eigenvalue weighted by atomic mass is 10.0. The Bertz CT molecular complexity index is 1190. The first kappa shape index (κ1) is 19.9. The van der Waals surface area contributed by atoms with E-state index in [2.05, 4.69) is 0 Å². The fourth-order valence-electron chi connectivity index (χ4n) is 3.00. The number of esters is 1. The summed E-state index contributed by atoms with van der Waals surface area (Å²) in [4.78, 5) is 19.7. The van der Waals surface area contributed by atoms with Gasteiger partial charge in [-0.05, 0) is 61.5 Å². The lowest BCUT2D eigenvalue weighted by Crippen LogP contribution is -2.23. The molecule has 148 valence electrons. The predicted molar refractivity (Wildman–Crippen MR) is 123 cm³/mol. The molecule has 3 aromatic heterocycles. The third-order valence-corrected chi connectivity index (χ3v) is 6.44. The van der Waals surface area contributed by atoms with E-state index >= 15 is 0 Å². The van der Waals surface area contributed by atoms with Crippen LogP contribution < -0.4 is 5.73 Å². The lowest BCUT2D eigenvalue weighted by Gasteiger charge is -2.19. The highest BCUT2D eigenvalue weighted by Gasteiger charge is 2.25. The summed E-state index contributed by atoms with van der Waals surface area (Å²) in [6.45, 7) is 5.50. The largest absolute Gasteiger partial charge is 0.456 e. The number of anilines is 1. The van der Waals surface area contributed by atoms with E-state index in [4.69, 9.17) is 27.1 Å². The number of thiophene rings is 2. The minimum Gasteiger partial charge on any atom is -0.456 e. The van der Waals surface area contributed by atoms with Crippen molar-refractivity contribution in [3.05, 3.63) is 57.7 Å². The maximum absolute atomic E-state index is 12.7. The average molecular weight is 443 g/mol. The third kappa shape index (κ3) is 4.01. The molecule has 0 amide bonds. The summed E-state index contributed by atoms with van der Waals surface area (Å²) in [6, 6.07) is 13.6. The topological polar surface area (TPSA) is 65.2 Å². The highest BCUT2D eigenvalue weighted by Crippen LogP contribution is 2.42. The molecule has 29 heavy (non-hydrogen) atoms. The van der Waals surface area contributed by atoms with Crippen LogP contribution in [0.25, 0.3) is 31.9 Å². The lowest BCUT2D eigenvalue weighted by molar-refractivity contribution is 0.00764. The first-order valence-electron chi connectivity index (χ1n) is 8.99. The van der Waals surface area contributed by atoms with Crippen molar-refractivity contribution in [2.45, 2.75) is 26.4 Å². The molecule has 0 fully saturated rings. The number of benzene rings is 1. The molecule has 0 spiro atoms. The molecule has 0 saturated carbocycles. The first-order chi connectivity index (χ1) is 13.7. The molecule has 7 heteroatoms. The Labute approximate surface area is 181 Å². The zero-order valence-corrected chi connectivity index (χ0v) is 18.5. The van der Waals surface area contributed by atoms with Gasteiger partial charge < -0.3 is 10.5 Å². The van der Waals surface area contributed by atoms with Gasteiger partial charge in [0, 0.05) is 10.4 Å². The number of nitrogens with two attached hydrogens (primary N) is 1. The fourth-order valence-corrected chi connectivity index (χ4v) is 4.81. The number of nitrogen functional groups attached to an aromatic ring is 1. The molecule has 0 atom stereocenters. The maximum atomic E-state index is 12.7. The summed E-state index contributed by atoms with van der Waals surface area (Å²) < 4.78 is 5.55. The molecular weight excluding hydrogens is 424 g/mol. The van der Waals surface area contributed by atoms with Gasteiger partial charge in [-0.2, -0.15) is 0 Å². The Hall–Kier alpha value is -2.41. The first-order valence-corrected chi connectivity index (χ1v) is 11.1. The Balaban J connectivity index is 1.95. The van der Waals surface area contributed by atoms with Crippen LogP contribution in [0.4, 0.5) is 5.69 Å². The molecule has 0 aliphatic heterocycles. The van der Waals surface area contributed by atoms with Crippen LogP contribution in [-0.4, -0.2) is 16.6 Å². The van der Waals surface area contributed by atoms with E-state index < -0.39 is 11.6 Å². The van der Waals surface area contributed by atoms with Crippen LogP contribution in [0.3, 0.4) is 0 Å². The van der Waals surface area contributed by atoms with Crippen molar-refractivity contribution in [2.75, 3.05) is 5.73 Å². The number of hydrogen-bond donors (Lipinski definition) is 1. The van der Waals surface area contributed by atoms with Gasteiger partial charge in [0.1, 0.15) is 15.3 Å². The van der Waals surface area contributed by atoms with Gasteiger partial charge in [0.05, 0.1) is 16.3 Å². The SMILES string of the molecule is CC(C)(C)OC(=O)c1sc2nc(-c3cccs3)cc(-c3ccc(Cl)cc3)c2c1N. The van der Waals surface area contributed by atoms with Crippen molar-refractivity contribution in [3.63, 3.8) is 0 Å². The molecule has 0 aliphatic carbocycles. The zero-order chi connectivity index (χ0) is 20.8. The number of rotatable bonds is 3. The summed E-state index contributed by atoms with van der Waals surface area (Å²) >= 11 is 8.95. The highest BCUT2D eigenvalue weighted by molar-refractivity contribution is 7.21. The molecule has 1 aromatic carbocycles. The van der Waals surface area contributed by atoms with E-state index in [1.54, 1.807) is 11.3 Å². The molecule has 0 aliphatic rings. The van der Waals surface area contributed by atoms with Crippen molar-refractivity contribution in [1.82, 2.24) is 4.98 Å². The van der Waals surface area contributed by atoms with Crippen LogP contribution in [0.1, 0.15) is 30.4 Å². The second-order valence-electron chi connectivity index (χ2n) is 7.57. The van der Waals surface area contributed by atoms with Gasteiger partial charge in [0.2, 0.25) is 0 Å². The van der Waals surface area contributed by atoms with Crippen LogP contribution in [-0.2, 0) is 4.74 Å². The quantitative estimate of drug-likeness (QED) is 0.351. The second-order valence-corrected chi connectivity index (χ2v) is 9.95. The van der Waals surface area contributed by atoms with E-state index in [0.717, 1.165) is 27.1 Å². The Morgan fingerprint density at radius 1 is 1.17 bits per heavy atom. The average Bonchev–Trinajstić information content (AvgIpc) is 3.29. The van der Waals surface area contributed by atoms with E-state index in [0.29, 0.717) is 20.4 Å². The van der Waals surface area contributed by atoms with Crippen LogP contribution in [0.2, 0.25) is 5.02 Å². The molecule has 2 N–H and O–H groups in total. The van der Waals surface area contributed by atoms with Crippen molar-refractivity contribution in [3.8, 4) is 21.7 Å². The van der Waals surface area contributed by atoms with Gasteiger partial charge in [0.15, 0.2) is 0 Å². The van der Waals surface area contributed by atoms with Crippen LogP contribution >= 0.6 is 34.3 Å². The smallest absolute Gasteiger partial charge is 0.351 e. The van der Waals surface area contributed by atoms with Gasteiger partial charge >= 0.3 is 5.97 Å². The van der Waals surface area contributed by atoms with Crippen molar-refractivity contribution in [2.24, 2.45) is 0 Å². The monoisotopic (exact) mass is 442 g/mol. The number of hydrogen-bond acceptors (Lipinski definition) is 6.